The first-order chi connectivity index (χ1) is 10.3. The molecule has 0 saturated carbocycles. The third-order valence-corrected chi connectivity index (χ3v) is 4.65. The van der Waals surface area contributed by atoms with Gasteiger partial charge in [0.25, 0.3) is 5.91 Å². The molecule has 0 saturated heterocycles. The van der Waals surface area contributed by atoms with E-state index in [0.717, 1.165) is 28.6 Å². The van der Waals surface area contributed by atoms with Crippen LogP contribution in [0.4, 0.5) is 0 Å². The molecule has 0 radical (unpaired) electrons. The molecule has 5 nitrogen and oxygen atoms in total. The normalized spacial score (nSPS) is 13.9. The minimum Gasteiger partial charge on any atom is -0.496 e. The number of methoxy groups -OCH3 is 1. The molecule has 0 unspecified atom stereocenters. The Kier molecular flexibility index (Phi) is 4.21. The number of benzene rings is 1. The lowest BCUT2D eigenvalue weighted by molar-refractivity contribution is 0.0974. The summed E-state index contributed by atoms with van der Waals surface area (Å²) in [4.78, 5) is 20.7. The van der Waals surface area contributed by atoms with Crippen molar-refractivity contribution >= 4 is 34.2 Å². The predicted molar refractivity (Wildman–Crippen MR) is 86.3 cm³/mol. The first-order valence-electron chi connectivity index (χ1n) is 6.35. The van der Waals surface area contributed by atoms with Crippen molar-refractivity contribution in [3.05, 3.63) is 35.3 Å². The van der Waals surface area contributed by atoms with Gasteiger partial charge in [-0.3, -0.25) is 15.1 Å². The summed E-state index contributed by atoms with van der Waals surface area (Å²) in [6.07, 6.45) is 0. The topological polar surface area (TPSA) is 63.6 Å². The molecule has 0 fully saturated rings. The van der Waals surface area contributed by atoms with E-state index in [2.05, 4.69) is 15.3 Å². The third kappa shape index (κ3) is 3.08. The van der Waals surface area contributed by atoms with Gasteiger partial charge >= 0.3 is 0 Å². The molecule has 0 spiro atoms. The van der Waals surface area contributed by atoms with E-state index in [1.165, 1.54) is 11.3 Å². The van der Waals surface area contributed by atoms with E-state index in [9.17, 15) is 4.79 Å². The standard InChI is InChI=1S/C14H13N3O2S2/c1-19-11-5-3-2-4-9(11)13-16-10(8-21-13)12(18)17-14-15-6-7-20-14/h2-5,8H,6-7H2,1H3,(H,15,17,18). The van der Waals surface area contributed by atoms with Crippen LogP contribution in [0.2, 0.25) is 0 Å². The van der Waals surface area contributed by atoms with Crippen molar-refractivity contribution < 1.29 is 9.53 Å². The number of thiazole rings is 1. The van der Waals surface area contributed by atoms with Crippen LogP contribution in [0.1, 0.15) is 10.5 Å². The van der Waals surface area contributed by atoms with Crippen molar-refractivity contribution in [3.8, 4) is 16.3 Å². The number of ether oxygens (including phenoxy) is 1. The highest BCUT2D eigenvalue weighted by molar-refractivity contribution is 8.14. The average Bonchev–Trinajstić information content (AvgIpc) is 3.18. The number of carbonyl (C=O) groups excluding carboxylic acids is 1. The molecule has 1 N–H and O–H groups in total. The zero-order chi connectivity index (χ0) is 14.7. The molecular formula is C14H13N3O2S2. The van der Waals surface area contributed by atoms with E-state index >= 15 is 0 Å². The van der Waals surface area contributed by atoms with Gasteiger partial charge in [-0.15, -0.1) is 11.3 Å². The number of aliphatic imine (C=N–C) groups is 1. The van der Waals surface area contributed by atoms with Crippen LogP contribution in [0.15, 0.2) is 34.6 Å². The van der Waals surface area contributed by atoms with Crippen molar-refractivity contribution in [3.63, 3.8) is 0 Å². The molecule has 1 aromatic carbocycles. The van der Waals surface area contributed by atoms with Crippen LogP contribution in [0.5, 0.6) is 5.75 Å². The highest BCUT2D eigenvalue weighted by atomic mass is 32.2. The number of amidine groups is 1. The number of nitrogens with zero attached hydrogens (tertiary/aromatic N) is 2. The number of amides is 1. The van der Waals surface area contributed by atoms with Crippen LogP contribution in [-0.2, 0) is 0 Å². The van der Waals surface area contributed by atoms with E-state index in [1.807, 2.05) is 24.3 Å². The highest BCUT2D eigenvalue weighted by Gasteiger charge is 2.17. The van der Waals surface area contributed by atoms with Gasteiger partial charge in [-0.1, -0.05) is 23.9 Å². The number of aromatic nitrogens is 1. The van der Waals surface area contributed by atoms with Gasteiger partial charge in [0.1, 0.15) is 16.5 Å². The van der Waals surface area contributed by atoms with Crippen molar-refractivity contribution in [1.29, 1.82) is 0 Å². The van der Waals surface area contributed by atoms with Crippen LogP contribution >= 0.6 is 23.1 Å². The molecule has 108 valence electrons. The number of para-hydroxylation sites is 1. The molecule has 2 aromatic rings. The monoisotopic (exact) mass is 319 g/mol. The van der Waals surface area contributed by atoms with Gasteiger partial charge in [-0.2, -0.15) is 0 Å². The van der Waals surface area contributed by atoms with Gasteiger partial charge in [0.15, 0.2) is 5.17 Å². The second-order valence-electron chi connectivity index (χ2n) is 4.23. The number of hydrogen-bond acceptors (Lipinski definition) is 6. The Bertz CT molecular complexity index is 697. The molecule has 3 rings (SSSR count). The second-order valence-corrected chi connectivity index (χ2v) is 6.17. The molecule has 1 amide bonds. The molecule has 0 aliphatic carbocycles. The third-order valence-electron chi connectivity index (χ3n) is 2.88. The minimum atomic E-state index is -0.222. The van der Waals surface area contributed by atoms with E-state index in [4.69, 9.17) is 4.74 Å². The highest BCUT2D eigenvalue weighted by Crippen LogP contribution is 2.31. The van der Waals surface area contributed by atoms with Gasteiger partial charge in [0.05, 0.1) is 19.2 Å². The zero-order valence-corrected chi connectivity index (χ0v) is 13.0. The molecule has 21 heavy (non-hydrogen) atoms. The summed E-state index contributed by atoms with van der Waals surface area (Å²) < 4.78 is 5.32. The maximum atomic E-state index is 12.1. The summed E-state index contributed by atoms with van der Waals surface area (Å²) >= 11 is 2.97. The Morgan fingerprint density at radius 2 is 2.24 bits per heavy atom. The Morgan fingerprint density at radius 1 is 1.38 bits per heavy atom. The smallest absolute Gasteiger partial charge is 0.276 e. The Hall–Kier alpha value is -1.86. The number of thioether (sulfide) groups is 1. The number of hydrogen-bond donors (Lipinski definition) is 1. The zero-order valence-electron chi connectivity index (χ0n) is 11.3. The lowest BCUT2D eigenvalue weighted by Gasteiger charge is -2.04. The molecule has 0 bridgehead atoms. The first-order valence-corrected chi connectivity index (χ1v) is 8.22. The van der Waals surface area contributed by atoms with Crippen molar-refractivity contribution in [2.24, 2.45) is 4.99 Å². The van der Waals surface area contributed by atoms with Gasteiger partial charge in [0.2, 0.25) is 0 Å². The van der Waals surface area contributed by atoms with Gasteiger partial charge in [-0.05, 0) is 12.1 Å². The summed E-state index contributed by atoms with van der Waals surface area (Å²) in [5.74, 6) is 1.44. The Labute approximate surface area is 130 Å². The lowest BCUT2D eigenvalue weighted by Crippen LogP contribution is -2.27. The summed E-state index contributed by atoms with van der Waals surface area (Å²) in [5.41, 5.74) is 1.28. The van der Waals surface area contributed by atoms with E-state index in [1.54, 1.807) is 24.3 Å². The van der Waals surface area contributed by atoms with Crippen LogP contribution in [0.3, 0.4) is 0 Å². The maximum absolute atomic E-state index is 12.1. The van der Waals surface area contributed by atoms with E-state index < -0.39 is 0 Å². The summed E-state index contributed by atoms with van der Waals surface area (Å²) in [7, 11) is 1.62. The SMILES string of the molecule is COc1ccccc1-c1nc(C(=O)NC2=NCCS2)cs1. The Morgan fingerprint density at radius 3 is 3.00 bits per heavy atom. The van der Waals surface area contributed by atoms with Crippen LogP contribution in [0.25, 0.3) is 10.6 Å². The molecule has 7 heteroatoms. The molecule has 1 aromatic heterocycles. The largest absolute Gasteiger partial charge is 0.496 e. The number of rotatable bonds is 3. The minimum absolute atomic E-state index is 0.222. The van der Waals surface area contributed by atoms with Gasteiger partial charge < -0.3 is 4.74 Å². The van der Waals surface area contributed by atoms with Crippen LogP contribution < -0.4 is 10.1 Å². The fourth-order valence-corrected chi connectivity index (χ4v) is 3.45. The number of nitrogens with one attached hydrogen (secondary N) is 1. The molecule has 0 atom stereocenters. The van der Waals surface area contributed by atoms with Crippen molar-refractivity contribution in [2.45, 2.75) is 0 Å². The molecular weight excluding hydrogens is 306 g/mol. The van der Waals surface area contributed by atoms with Crippen molar-refractivity contribution in [2.75, 3.05) is 19.4 Å². The maximum Gasteiger partial charge on any atom is 0.276 e. The quantitative estimate of drug-likeness (QED) is 0.944. The average molecular weight is 319 g/mol. The van der Waals surface area contributed by atoms with Crippen molar-refractivity contribution in [1.82, 2.24) is 10.3 Å². The number of carbonyl (C=O) groups is 1. The molecule has 1 aliphatic heterocycles. The first kappa shape index (κ1) is 14.1. The molecule has 2 heterocycles. The van der Waals surface area contributed by atoms with Gasteiger partial charge in [0, 0.05) is 11.1 Å². The predicted octanol–water partition coefficient (Wildman–Crippen LogP) is 2.65. The summed E-state index contributed by atoms with van der Waals surface area (Å²) in [6.45, 7) is 0.754. The summed E-state index contributed by atoms with van der Waals surface area (Å²) in [5, 5.41) is 5.96. The second kappa shape index (κ2) is 6.28. The Balaban J connectivity index is 1.81. The van der Waals surface area contributed by atoms with E-state index in [-0.39, 0.29) is 5.91 Å². The molecule has 1 aliphatic rings. The summed E-state index contributed by atoms with van der Waals surface area (Å²) in [6, 6.07) is 7.62. The van der Waals surface area contributed by atoms with Crippen LogP contribution in [0, 0.1) is 0 Å². The fraction of sp³-hybridized carbons (Fsp3) is 0.214. The van der Waals surface area contributed by atoms with Gasteiger partial charge in [-0.25, -0.2) is 4.98 Å². The van der Waals surface area contributed by atoms with E-state index in [0.29, 0.717) is 10.9 Å². The lowest BCUT2D eigenvalue weighted by atomic mass is 10.2. The fourth-order valence-electron chi connectivity index (χ4n) is 1.89. The van der Waals surface area contributed by atoms with Crippen LogP contribution in [-0.4, -0.2) is 35.5 Å².